The second-order valence-electron chi connectivity index (χ2n) is 8.64. The number of nitrogens with one attached hydrogen (secondary N) is 2. The van der Waals surface area contributed by atoms with Crippen molar-refractivity contribution < 1.29 is 0 Å². The van der Waals surface area contributed by atoms with E-state index >= 15 is 0 Å². The third kappa shape index (κ3) is 5.44. The van der Waals surface area contributed by atoms with Gasteiger partial charge >= 0.3 is 0 Å². The van der Waals surface area contributed by atoms with E-state index in [4.69, 9.17) is 0 Å². The highest BCUT2D eigenvalue weighted by Gasteiger charge is 2.20. The molecule has 3 aromatic rings. The Labute approximate surface area is 190 Å². The van der Waals surface area contributed by atoms with Crippen LogP contribution in [0.25, 0.3) is 0 Å². The van der Waals surface area contributed by atoms with E-state index in [1.165, 1.54) is 11.1 Å². The smallest absolute Gasteiger partial charge is 0.0637 e. The summed E-state index contributed by atoms with van der Waals surface area (Å²) in [5.74, 6) is 0. The first kappa shape index (κ1) is 21.4. The van der Waals surface area contributed by atoms with Gasteiger partial charge in [-0.05, 0) is 92.6 Å². The number of rotatable bonds is 6. The van der Waals surface area contributed by atoms with Gasteiger partial charge in [0.25, 0.3) is 0 Å². The highest BCUT2D eigenvalue weighted by atomic mass is 15.0. The van der Waals surface area contributed by atoms with Crippen LogP contribution in [0, 0.1) is 6.92 Å². The van der Waals surface area contributed by atoms with E-state index in [-0.39, 0.29) is 5.54 Å². The van der Waals surface area contributed by atoms with E-state index < -0.39 is 0 Å². The summed E-state index contributed by atoms with van der Waals surface area (Å²) < 4.78 is 0. The molecule has 0 amide bonds. The van der Waals surface area contributed by atoms with Gasteiger partial charge in [-0.15, -0.1) is 0 Å². The first-order valence-corrected chi connectivity index (χ1v) is 10.8. The fourth-order valence-corrected chi connectivity index (χ4v) is 3.55. The average molecular weight is 420 g/mol. The number of benzene rings is 3. The zero-order valence-electron chi connectivity index (χ0n) is 18.9. The predicted octanol–water partition coefficient (Wildman–Crippen LogP) is 7.84. The van der Waals surface area contributed by atoms with Crippen LogP contribution in [0.15, 0.2) is 114 Å². The lowest BCUT2D eigenvalue weighted by molar-refractivity contribution is 0.609. The lowest BCUT2D eigenvalue weighted by Crippen LogP contribution is -2.27. The van der Waals surface area contributed by atoms with Crippen molar-refractivity contribution in [3.05, 3.63) is 120 Å². The van der Waals surface area contributed by atoms with Crippen LogP contribution in [0.1, 0.15) is 25.0 Å². The minimum atomic E-state index is -0.222. The van der Waals surface area contributed by atoms with Crippen LogP contribution >= 0.6 is 0 Å². The van der Waals surface area contributed by atoms with E-state index in [0.29, 0.717) is 0 Å². The van der Waals surface area contributed by atoms with Gasteiger partial charge in [0.1, 0.15) is 0 Å². The topological polar surface area (TPSA) is 36.4 Å². The minimum absolute atomic E-state index is 0.222. The normalized spacial score (nSPS) is 13.2. The highest BCUT2D eigenvalue weighted by molar-refractivity contribution is 6.07. The number of aliphatic imine (C=N–C) groups is 1. The number of hydrogen-bond donors (Lipinski definition) is 2. The number of allylic oxidation sites excluding steroid dienone is 5. The SMILES string of the molecule is C=C1C=CC(=Nc2ccc(C(C)(C)Nc3ccc(Nc4ccc(C)cc4)cc3)cc2)C=C1. The Morgan fingerprint density at radius 3 is 1.81 bits per heavy atom. The highest BCUT2D eigenvalue weighted by Crippen LogP contribution is 2.29. The lowest BCUT2D eigenvalue weighted by atomic mass is 9.93. The van der Waals surface area contributed by atoms with E-state index in [0.717, 1.165) is 34.0 Å². The summed E-state index contributed by atoms with van der Waals surface area (Å²) in [6.07, 6.45) is 7.92. The molecule has 0 unspecified atom stereocenters. The molecule has 0 saturated carbocycles. The molecular weight excluding hydrogens is 390 g/mol. The molecular formula is C29H29N3. The van der Waals surface area contributed by atoms with E-state index in [1.807, 2.05) is 24.3 Å². The van der Waals surface area contributed by atoms with Crippen molar-refractivity contribution in [2.24, 2.45) is 4.99 Å². The van der Waals surface area contributed by atoms with Crippen LogP contribution in [-0.4, -0.2) is 5.71 Å². The van der Waals surface area contributed by atoms with Gasteiger partial charge in [-0.3, -0.25) is 0 Å². The van der Waals surface area contributed by atoms with Crippen molar-refractivity contribution in [3.63, 3.8) is 0 Å². The third-order valence-electron chi connectivity index (χ3n) is 5.47. The molecule has 0 radical (unpaired) electrons. The molecule has 0 aromatic heterocycles. The van der Waals surface area contributed by atoms with Crippen molar-refractivity contribution >= 4 is 28.5 Å². The molecule has 0 aliphatic heterocycles. The Morgan fingerprint density at radius 1 is 0.688 bits per heavy atom. The van der Waals surface area contributed by atoms with Gasteiger partial charge in [0.05, 0.1) is 16.9 Å². The summed E-state index contributed by atoms with van der Waals surface area (Å²) in [7, 11) is 0. The van der Waals surface area contributed by atoms with E-state index in [1.54, 1.807) is 0 Å². The van der Waals surface area contributed by atoms with Crippen molar-refractivity contribution in [1.29, 1.82) is 0 Å². The summed E-state index contributed by atoms with van der Waals surface area (Å²) in [4.78, 5) is 4.68. The lowest BCUT2D eigenvalue weighted by Gasteiger charge is -2.28. The van der Waals surface area contributed by atoms with Gasteiger partial charge < -0.3 is 10.6 Å². The van der Waals surface area contributed by atoms with Crippen LogP contribution < -0.4 is 10.6 Å². The summed E-state index contributed by atoms with van der Waals surface area (Å²) in [6, 6.07) is 25.2. The van der Waals surface area contributed by atoms with Crippen molar-refractivity contribution in [2.45, 2.75) is 26.3 Å². The van der Waals surface area contributed by atoms with E-state index in [2.05, 4.69) is 116 Å². The van der Waals surface area contributed by atoms with Crippen LogP contribution in [0.2, 0.25) is 0 Å². The Balaban J connectivity index is 1.41. The molecule has 3 nitrogen and oxygen atoms in total. The molecule has 4 rings (SSSR count). The first-order chi connectivity index (χ1) is 15.4. The molecule has 3 aromatic carbocycles. The first-order valence-electron chi connectivity index (χ1n) is 10.8. The van der Waals surface area contributed by atoms with E-state index in [9.17, 15) is 0 Å². The fourth-order valence-electron chi connectivity index (χ4n) is 3.55. The van der Waals surface area contributed by atoms with Gasteiger partial charge in [-0.2, -0.15) is 0 Å². The van der Waals surface area contributed by atoms with Gasteiger partial charge in [-0.25, -0.2) is 4.99 Å². The van der Waals surface area contributed by atoms with Crippen molar-refractivity contribution in [2.75, 3.05) is 10.6 Å². The zero-order valence-corrected chi connectivity index (χ0v) is 18.9. The molecule has 160 valence electrons. The Hall–Kier alpha value is -3.85. The maximum atomic E-state index is 4.68. The molecule has 0 heterocycles. The molecule has 0 bridgehead atoms. The zero-order chi connectivity index (χ0) is 22.6. The molecule has 32 heavy (non-hydrogen) atoms. The third-order valence-corrected chi connectivity index (χ3v) is 5.47. The summed E-state index contributed by atoms with van der Waals surface area (Å²) >= 11 is 0. The number of anilines is 3. The quantitative estimate of drug-likeness (QED) is 0.427. The maximum absolute atomic E-state index is 4.68. The molecule has 2 N–H and O–H groups in total. The Morgan fingerprint density at radius 2 is 1.22 bits per heavy atom. The molecule has 1 aliphatic carbocycles. The summed E-state index contributed by atoms with van der Waals surface area (Å²) in [6.45, 7) is 10.4. The largest absolute Gasteiger partial charge is 0.376 e. The molecule has 0 fully saturated rings. The van der Waals surface area contributed by atoms with Crippen LogP contribution in [0.4, 0.5) is 22.7 Å². The van der Waals surface area contributed by atoms with Crippen molar-refractivity contribution in [1.82, 2.24) is 0 Å². The summed E-state index contributed by atoms with van der Waals surface area (Å²) in [5, 5.41) is 7.08. The minimum Gasteiger partial charge on any atom is -0.376 e. The van der Waals surface area contributed by atoms with Crippen molar-refractivity contribution in [3.8, 4) is 0 Å². The Bertz CT molecular complexity index is 1160. The number of nitrogens with zero attached hydrogens (tertiary/aromatic N) is 1. The molecule has 3 heteroatoms. The van der Waals surface area contributed by atoms with Gasteiger partial charge in [-0.1, -0.05) is 48.6 Å². The van der Waals surface area contributed by atoms with Crippen LogP contribution in [0.3, 0.4) is 0 Å². The Kier molecular flexibility index (Phi) is 6.09. The second-order valence-corrected chi connectivity index (χ2v) is 8.64. The van der Waals surface area contributed by atoms with Crippen LogP contribution in [0.5, 0.6) is 0 Å². The monoisotopic (exact) mass is 419 g/mol. The van der Waals surface area contributed by atoms with Gasteiger partial charge in [0, 0.05) is 17.1 Å². The second kappa shape index (κ2) is 9.11. The number of hydrogen-bond acceptors (Lipinski definition) is 3. The average Bonchev–Trinajstić information content (AvgIpc) is 2.78. The molecule has 1 aliphatic rings. The molecule has 0 saturated heterocycles. The molecule has 0 atom stereocenters. The molecule has 0 spiro atoms. The van der Waals surface area contributed by atoms with Crippen LogP contribution in [-0.2, 0) is 5.54 Å². The van der Waals surface area contributed by atoms with Gasteiger partial charge in [0.2, 0.25) is 0 Å². The fraction of sp³-hybridized carbons (Fsp3) is 0.138. The summed E-state index contributed by atoms with van der Waals surface area (Å²) in [5.41, 5.74) is 8.32. The van der Waals surface area contributed by atoms with Gasteiger partial charge in [0.15, 0.2) is 0 Å². The maximum Gasteiger partial charge on any atom is 0.0637 e. The predicted molar refractivity (Wildman–Crippen MR) is 139 cm³/mol. The standard InChI is InChI=1S/C29H29N3/c1-21-5-11-24(12-6-21)30-26-15-9-23(10-16-26)29(3,4)32-28-19-17-27(18-20-28)31-25-13-7-22(2)8-14-25/h5-20,31-32H,1H2,2-4H3. The number of aryl methyl sites for hydroxylation is 1.